The molecule has 1 amide bonds. The molecular formula is C12H12F4N2O3S2. The van der Waals surface area contributed by atoms with Crippen LogP contribution in [0.25, 0.3) is 0 Å². The Morgan fingerprint density at radius 3 is 2.70 bits per heavy atom. The number of sulfonamides is 1. The first kappa shape index (κ1) is 18.0. The van der Waals surface area contributed by atoms with Crippen LogP contribution in [-0.4, -0.2) is 49.0 Å². The maximum atomic E-state index is 13.2. The SMILES string of the molecule is O=C(NCC(F)(F)F)[C@@H]1CSCN1S(=O)(=O)c1cccc(F)c1. The van der Waals surface area contributed by atoms with Gasteiger partial charge in [-0.3, -0.25) is 4.79 Å². The Kier molecular flexibility index (Phi) is 5.21. The molecule has 23 heavy (non-hydrogen) atoms. The van der Waals surface area contributed by atoms with Gasteiger partial charge in [0, 0.05) is 5.75 Å². The van der Waals surface area contributed by atoms with Gasteiger partial charge >= 0.3 is 6.18 Å². The van der Waals surface area contributed by atoms with Crippen LogP contribution in [0.15, 0.2) is 29.2 Å². The minimum atomic E-state index is -4.59. The average Bonchev–Trinajstić information content (AvgIpc) is 2.94. The molecule has 0 radical (unpaired) electrons. The predicted molar refractivity (Wildman–Crippen MR) is 75.6 cm³/mol. The summed E-state index contributed by atoms with van der Waals surface area (Å²) in [6, 6.07) is 2.94. The number of hydrogen-bond acceptors (Lipinski definition) is 4. The molecule has 1 saturated heterocycles. The van der Waals surface area contributed by atoms with Gasteiger partial charge in [-0.2, -0.15) is 17.5 Å². The standard InChI is InChI=1S/C12H12F4N2O3S2/c13-8-2-1-3-9(4-8)23(20,21)18-7-22-5-10(18)11(19)17-6-12(14,15)16/h1-4,10H,5-7H2,(H,17,19)/t10-/m0/s1. The summed E-state index contributed by atoms with van der Waals surface area (Å²) < 4.78 is 75.3. The van der Waals surface area contributed by atoms with E-state index in [1.54, 1.807) is 5.32 Å². The lowest BCUT2D eigenvalue weighted by atomic mass is 10.3. The first-order valence-corrected chi connectivity index (χ1v) is 8.90. The van der Waals surface area contributed by atoms with Gasteiger partial charge in [-0.15, -0.1) is 11.8 Å². The molecule has 0 spiro atoms. The van der Waals surface area contributed by atoms with E-state index in [2.05, 4.69) is 0 Å². The number of nitrogens with one attached hydrogen (secondary N) is 1. The zero-order valence-electron chi connectivity index (χ0n) is 11.5. The number of carbonyl (C=O) groups excluding carboxylic acids is 1. The van der Waals surface area contributed by atoms with Gasteiger partial charge in [0.2, 0.25) is 15.9 Å². The fourth-order valence-corrected chi connectivity index (χ4v) is 5.12. The van der Waals surface area contributed by atoms with Crippen LogP contribution in [0.5, 0.6) is 0 Å². The zero-order valence-corrected chi connectivity index (χ0v) is 13.1. The second-order valence-corrected chi connectivity index (χ2v) is 7.59. The molecule has 1 fully saturated rings. The fourth-order valence-electron chi connectivity index (χ4n) is 1.94. The van der Waals surface area contributed by atoms with Gasteiger partial charge in [0.25, 0.3) is 0 Å². The predicted octanol–water partition coefficient (Wildman–Crippen LogP) is 1.57. The van der Waals surface area contributed by atoms with E-state index in [0.29, 0.717) is 0 Å². The lowest BCUT2D eigenvalue weighted by molar-refractivity contribution is -0.140. The normalized spacial score (nSPS) is 19.7. The Balaban J connectivity index is 2.19. The third-order valence-electron chi connectivity index (χ3n) is 3.01. The summed E-state index contributed by atoms with van der Waals surface area (Å²) >= 11 is 1.09. The minimum Gasteiger partial charge on any atom is -0.346 e. The van der Waals surface area contributed by atoms with Gasteiger partial charge < -0.3 is 5.32 Å². The molecule has 1 aliphatic rings. The first-order valence-electron chi connectivity index (χ1n) is 6.31. The number of rotatable bonds is 4. The van der Waals surface area contributed by atoms with E-state index in [4.69, 9.17) is 0 Å². The number of thioether (sulfide) groups is 1. The summed E-state index contributed by atoms with van der Waals surface area (Å²) in [4.78, 5) is 11.5. The van der Waals surface area contributed by atoms with E-state index in [0.717, 1.165) is 34.3 Å². The summed E-state index contributed by atoms with van der Waals surface area (Å²) in [7, 11) is -4.18. The lowest BCUT2D eigenvalue weighted by Crippen LogP contribution is -2.49. The van der Waals surface area contributed by atoms with E-state index in [1.165, 1.54) is 6.07 Å². The number of amides is 1. The van der Waals surface area contributed by atoms with Gasteiger partial charge in [0.15, 0.2) is 0 Å². The highest BCUT2D eigenvalue weighted by atomic mass is 32.2. The van der Waals surface area contributed by atoms with Gasteiger partial charge in [0.1, 0.15) is 18.4 Å². The van der Waals surface area contributed by atoms with Crippen LogP contribution in [0, 0.1) is 5.82 Å². The van der Waals surface area contributed by atoms with E-state index in [9.17, 15) is 30.8 Å². The molecule has 0 aliphatic carbocycles. The van der Waals surface area contributed by atoms with Crippen LogP contribution in [0.4, 0.5) is 17.6 Å². The van der Waals surface area contributed by atoms with E-state index in [1.807, 2.05) is 0 Å². The maximum absolute atomic E-state index is 13.2. The number of carbonyl (C=O) groups is 1. The van der Waals surface area contributed by atoms with Crippen molar-refractivity contribution in [3.05, 3.63) is 30.1 Å². The van der Waals surface area contributed by atoms with Crippen molar-refractivity contribution in [3.63, 3.8) is 0 Å². The Hall–Kier alpha value is -1.33. The van der Waals surface area contributed by atoms with Crippen molar-refractivity contribution in [2.75, 3.05) is 18.2 Å². The van der Waals surface area contributed by atoms with Crippen molar-refractivity contribution in [1.82, 2.24) is 9.62 Å². The lowest BCUT2D eigenvalue weighted by Gasteiger charge is -2.22. The molecule has 0 bridgehead atoms. The average molecular weight is 372 g/mol. The number of alkyl halides is 3. The largest absolute Gasteiger partial charge is 0.405 e. The number of nitrogens with zero attached hydrogens (tertiary/aromatic N) is 1. The summed E-state index contributed by atoms with van der Waals surface area (Å²) in [6.07, 6.45) is -4.59. The third-order valence-corrected chi connectivity index (χ3v) is 6.04. The van der Waals surface area contributed by atoms with Crippen molar-refractivity contribution >= 4 is 27.7 Å². The van der Waals surface area contributed by atoms with Crippen LogP contribution >= 0.6 is 11.8 Å². The van der Waals surface area contributed by atoms with Crippen LogP contribution in [0.3, 0.4) is 0 Å². The molecule has 0 unspecified atom stereocenters. The van der Waals surface area contributed by atoms with Gasteiger partial charge in [0.05, 0.1) is 10.8 Å². The number of halogens is 4. The highest BCUT2D eigenvalue weighted by Crippen LogP contribution is 2.28. The smallest absolute Gasteiger partial charge is 0.346 e. The highest BCUT2D eigenvalue weighted by Gasteiger charge is 2.41. The Morgan fingerprint density at radius 2 is 2.09 bits per heavy atom. The summed E-state index contributed by atoms with van der Waals surface area (Å²) in [5.74, 6) is -1.87. The maximum Gasteiger partial charge on any atom is 0.405 e. The van der Waals surface area contributed by atoms with Crippen molar-refractivity contribution < 1.29 is 30.8 Å². The molecule has 1 aromatic carbocycles. The monoisotopic (exact) mass is 372 g/mol. The van der Waals surface area contributed by atoms with Gasteiger partial charge in [-0.05, 0) is 18.2 Å². The molecule has 1 aromatic rings. The number of hydrogen-bond donors (Lipinski definition) is 1. The zero-order chi connectivity index (χ0) is 17.3. The molecule has 0 aromatic heterocycles. The van der Waals surface area contributed by atoms with Crippen molar-refractivity contribution in [1.29, 1.82) is 0 Å². The summed E-state index contributed by atoms with van der Waals surface area (Å²) in [5, 5.41) is 1.67. The molecule has 11 heteroatoms. The Bertz CT molecular complexity index is 694. The van der Waals surface area contributed by atoms with E-state index >= 15 is 0 Å². The van der Waals surface area contributed by atoms with Crippen molar-refractivity contribution in [2.24, 2.45) is 0 Å². The van der Waals surface area contributed by atoms with Crippen molar-refractivity contribution in [2.45, 2.75) is 17.1 Å². The van der Waals surface area contributed by atoms with Crippen LogP contribution < -0.4 is 5.32 Å². The van der Waals surface area contributed by atoms with Crippen LogP contribution in [0.2, 0.25) is 0 Å². The van der Waals surface area contributed by atoms with Crippen LogP contribution in [-0.2, 0) is 14.8 Å². The molecule has 2 rings (SSSR count). The second-order valence-electron chi connectivity index (χ2n) is 4.70. The van der Waals surface area contributed by atoms with Gasteiger partial charge in [-0.25, -0.2) is 12.8 Å². The topological polar surface area (TPSA) is 66.5 Å². The van der Waals surface area contributed by atoms with Gasteiger partial charge in [-0.1, -0.05) is 6.07 Å². The Labute approximate surface area is 134 Å². The van der Waals surface area contributed by atoms with Crippen molar-refractivity contribution in [3.8, 4) is 0 Å². The third kappa shape index (κ3) is 4.36. The molecule has 1 aliphatic heterocycles. The molecule has 1 N–H and O–H groups in total. The molecular weight excluding hydrogens is 360 g/mol. The minimum absolute atomic E-state index is 0.0260. The molecule has 1 heterocycles. The summed E-state index contributed by atoms with van der Waals surface area (Å²) in [5.41, 5.74) is 0. The first-order chi connectivity index (χ1) is 10.6. The number of benzene rings is 1. The molecule has 128 valence electrons. The summed E-state index contributed by atoms with van der Waals surface area (Å²) in [6.45, 7) is -1.54. The molecule has 5 nitrogen and oxygen atoms in total. The molecule has 0 saturated carbocycles. The fraction of sp³-hybridized carbons (Fsp3) is 0.417. The molecule has 1 atom stereocenters. The second kappa shape index (κ2) is 6.65. The quantitative estimate of drug-likeness (QED) is 0.815. The van der Waals surface area contributed by atoms with Crippen LogP contribution in [0.1, 0.15) is 0 Å². The van der Waals surface area contributed by atoms with E-state index < -0.39 is 40.5 Å². The Morgan fingerprint density at radius 1 is 1.39 bits per heavy atom. The van der Waals surface area contributed by atoms with E-state index in [-0.39, 0.29) is 16.5 Å². The highest BCUT2D eigenvalue weighted by molar-refractivity contribution is 8.00.